The monoisotopic (exact) mass is 260 g/mol. The fourth-order valence-electron chi connectivity index (χ4n) is 1.18. The minimum absolute atomic E-state index is 0.0344. The van der Waals surface area contributed by atoms with Crippen molar-refractivity contribution in [2.45, 2.75) is 12.5 Å². The lowest BCUT2D eigenvalue weighted by atomic mass is 10.2. The van der Waals surface area contributed by atoms with E-state index in [0.29, 0.717) is 19.7 Å². The number of carbonyl (C=O) groups excluding carboxylic acids is 1. The summed E-state index contributed by atoms with van der Waals surface area (Å²) in [5.74, 6) is -1.30. The number of rotatable bonds is 9. The van der Waals surface area contributed by atoms with Gasteiger partial charge in [-0.15, -0.1) is 6.58 Å². The van der Waals surface area contributed by atoms with Gasteiger partial charge in [-0.25, -0.2) is 9.59 Å². The molecule has 3 N–H and O–H groups in total. The number of urea groups is 1. The Kier molecular flexibility index (Phi) is 8.59. The molecule has 7 nitrogen and oxygen atoms in total. The molecule has 0 unspecified atom stereocenters. The maximum Gasteiger partial charge on any atom is 0.332 e. The minimum Gasteiger partial charge on any atom is -0.479 e. The molecule has 0 aromatic heterocycles. The van der Waals surface area contributed by atoms with Gasteiger partial charge < -0.3 is 25.2 Å². The molecule has 18 heavy (non-hydrogen) atoms. The van der Waals surface area contributed by atoms with Gasteiger partial charge in [-0.1, -0.05) is 6.08 Å². The lowest BCUT2D eigenvalue weighted by Crippen LogP contribution is -2.42. The van der Waals surface area contributed by atoms with Crippen molar-refractivity contribution in [2.75, 3.05) is 33.4 Å². The average Bonchev–Trinajstić information content (AvgIpc) is 2.33. The lowest BCUT2D eigenvalue weighted by molar-refractivity contribution is -0.146. The van der Waals surface area contributed by atoms with E-state index in [0.717, 1.165) is 0 Å². The molecule has 0 radical (unpaired) electrons. The van der Waals surface area contributed by atoms with E-state index in [1.54, 1.807) is 6.08 Å². The number of ether oxygens (including phenoxy) is 1. The van der Waals surface area contributed by atoms with Gasteiger partial charge >= 0.3 is 12.0 Å². The molecule has 0 bridgehead atoms. The van der Waals surface area contributed by atoms with Crippen LogP contribution in [-0.4, -0.2) is 66.6 Å². The summed E-state index contributed by atoms with van der Waals surface area (Å²) in [6.45, 7) is 4.82. The van der Waals surface area contributed by atoms with Gasteiger partial charge in [0.15, 0.2) is 6.10 Å². The summed E-state index contributed by atoms with van der Waals surface area (Å²) in [6, 6.07) is -0.343. The number of hydrogen-bond donors (Lipinski definition) is 3. The smallest absolute Gasteiger partial charge is 0.332 e. The molecule has 0 spiro atoms. The molecule has 0 saturated carbocycles. The summed E-state index contributed by atoms with van der Waals surface area (Å²) in [7, 11) is 1.53. The number of nitrogens with one attached hydrogen (secondary N) is 1. The van der Waals surface area contributed by atoms with Gasteiger partial charge in [0.25, 0.3) is 0 Å². The molecule has 0 aliphatic rings. The Hall–Kier alpha value is -1.60. The van der Waals surface area contributed by atoms with Crippen molar-refractivity contribution in [1.82, 2.24) is 10.2 Å². The van der Waals surface area contributed by atoms with Gasteiger partial charge in [-0.3, -0.25) is 0 Å². The maximum absolute atomic E-state index is 11.7. The molecule has 7 heteroatoms. The number of carboxylic acid groups (broad SMARTS) is 1. The molecular formula is C11H20N2O5. The van der Waals surface area contributed by atoms with E-state index in [1.165, 1.54) is 12.0 Å². The van der Waals surface area contributed by atoms with Crippen LogP contribution in [-0.2, 0) is 9.53 Å². The summed E-state index contributed by atoms with van der Waals surface area (Å²) < 4.78 is 4.87. The van der Waals surface area contributed by atoms with Gasteiger partial charge in [0.05, 0.1) is 6.61 Å². The van der Waals surface area contributed by atoms with Crippen molar-refractivity contribution in [3.8, 4) is 0 Å². The quantitative estimate of drug-likeness (QED) is 0.493. The van der Waals surface area contributed by atoms with E-state index in [4.69, 9.17) is 14.9 Å². The molecule has 0 rings (SSSR count). The predicted molar refractivity (Wildman–Crippen MR) is 65.3 cm³/mol. The second kappa shape index (κ2) is 9.43. The summed E-state index contributed by atoms with van der Waals surface area (Å²) in [6.07, 6.45) is 0.0892. The summed E-state index contributed by atoms with van der Waals surface area (Å²) in [5.41, 5.74) is 0. The second-order valence-corrected chi connectivity index (χ2v) is 3.60. The van der Waals surface area contributed by atoms with Crippen LogP contribution in [0.4, 0.5) is 4.79 Å². The number of carbonyl (C=O) groups is 2. The fourth-order valence-corrected chi connectivity index (χ4v) is 1.18. The van der Waals surface area contributed by atoms with Crippen molar-refractivity contribution in [3.63, 3.8) is 0 Å². The highest BCUT2D eigenvalue weighted by molar-refractivity contribution is 5.75. The Balaban J connectivity index is 4.01. The third kappa shape index (κ3) is 6.87. The standard InChI is InChI=1S/C11H20N2O5/c1-3-6-13(7-8-18-2)11(17)12-5-4-9(14)10(15)16/h3,9,14H,1,4-8H2,2H3,(H,12,17)(H,15,16)/t9-/m0/s1. The molecular weight excluding hydrogens is 240 g/mol. The average molecular weight is 260 g/mol. The van der Waals surface area contributed by atoms with Gasteiger partial charge in [-0.05, 0) is 0 Å². The zero-order valence-corrected chi connectivity index (χ0v) is 10.5. The van der Waals surface area contributed by atoms with Crippen molar-refractivity contribution < 1.29 is 24.5 Å². The van der Waals surface area contributed by atoms with Crippen molar-refractivity contribution in [1.29, 1.82) is 0 Å². The van der Waals surface area contributed by atoms with Crippen LogP contribution in [0.5, 0.6) is 0 Å². The second-order valence-electron chi connectivity index (χ2n) is 3.60. The Morgan fingerprint density at radius 3 is 2.72 bits per heavy atom. The first-order chi connectivity index (χ1) is 8.52. The van der Waals surface area contributed by atoms with E-state index in [2.05, 4.69) is 11.9 Å². The van der Waals surface area contributed by atoms with E-state index in [-0.39, 0.29) is 19.0 Å². The largest absolute Gasteiger partial charge is 0.479 e. The molecule has 0 aromatic rings. The number of aliphatic carboxylic acids is 1. The number of aliphatic hydroxyl groups excluding tert-OH is 1. The van der Waals surface area contributed by atoms with E-state index in [1.807, 2.05) is 0 Å². The molecule has 0 aliphatic carbocycles. The van der Waals surface area contributed by atoms with Crippen LogP contribution in [0, 0.1) is 0 Å². The highest BCUT2D eigenvalue weighted by Crippen LogP contribution is 1.93. The lowest BCUT2D eigenvalue weighted by Gasteiger charge is -2.21. The van der Waals surface area contributed by atoms with Gasteiger partial charge in [0, 0.05) is 33.2 Å². The predicted octanol–water partition coefficient (Wildman–Crippen LogP) is -0.334. The van der Waals surface area contributed by atoms with Crippen LogP contribution in [0.15, 0.2) is 12.7 Å². The van der Waals surface area contributed by atoms with Crippen LogP contribution < -0.4 is 5.32 Å². The summed E-state index contributed by atoms with van der Waals surface area (Å²) in [4.78, 5) is 23.5. The van der Waals surface area contributed by atoms with Crippen LogP contribution in [0.25, 0.3) is 0 Å². The molecule has 0 aromatic carbocycles. The fraction of sp³-hybridized carbons (Fsp3) is 0.636. The highest BCUT2D eigenvalue weighted by atomic mass is 16.5. The first-order valence-electron chi connectivity index (χ1n) is 5.56. The number of methoxy groups -OCH3 is 1. The van der Waals surface area contributed by atoms with Crippen molar-refractivity contribution in [2.24, 2.45) is 0 Å². The Bertz CT molecular complexity index is 283. The summed E-state index contributed by atoms with van der Waals surface area (Å²) in [5, 5.41) is 20.0. The molecule has 104 valence electrons. The minimum atomic E-state index is -1.46. The Morgan fingerprint density at radius 2 is 2.22 bits per heavy atom. The van der Waals surface area contributed by atoms with Crippen LogP contribution >= 0.6 is 0 Å². The number of amides is 2. The third-order valence-electron chi connectivity index (χ3n) is 2.18. The van der Waals surface area contributed by atoms with Crippen molar-refractivity contribution in [3.05, 3.63) is 12.7 Å². The highest BCUT2D eigenvalue weighted by Gasteiger charge is 2.15. The number of carboxylic acids is 1. The van der Waals surface area contributed by atoms with Gasteiger partial charge in [0.2, 0.25) is 0 Å². The van der Waals surface area contributed by atoms with Crippen molar-refractivity contribution >= 4 is 12.0 Å². The Labute approximate surface area is 106 Å². The first kappa shape index (κ1) is 16.4. The summed E-state index contributed by atoms with van der Waals surface area (Å²) >= 11 is 0. The van der Waals surface area contributed by atoms with Crippen LogP contribution in [0.3, 0.4) is 0 Å². The number of aliphatic hydroxyl groups is 1. The first-order valence-corrected chi connectivity index (χ1v) is 5.56. The zero-order valence-electron chi connectivity index (χ0n) is 10.5. The molecule has 1 atom stereocenters. The van der Waals surface area contributed by atoms with E-state index in [9.17, 15) is 9.59 Å². The van der Waals surface area contributed by atoms with Crippen LogP contribution in [0.2, 0.25) is 0 Å². The van der Waals surface area contributed by atoms with Gasteiger partial charge in [0.1, 0.15) is 0 Å². The van der Waals surface area contributed by atoms with E-state index >= 15 is 0 Å². The molecule has 0 fully saturated rings. The molecule has 0 saturated heterocycles. The SMILES string of the molecule is C=CCN(CCOC)C(=O)NCC[C@H](O)C(=O)O. The number of nitrogens with zero attached hydrogens (tertiary/aromatic N) is 1. The molecule has 0 heterocycles. The molecule has 2 amide bonds. The normalized spacial score (nSPS) is 11.7. The molecule has 0 aliphatic heterocycles. The third-order valence-corrected chi connectivity index (χ3v) is 2.18. The maximum atomic E-state index is 11.7. The number of hydrogen-bond acceptors (Lipinski definition) is 4. The van der Waals surface area contributed by atoms with E-state index < -0.39 is 12.1 Å². The van der Waals surface area contributed by atoms with Gasteiger partial charge in [-0.2, -0.15) is 0 Å². The zero-order chi connectivity index (χ0) is 14.0. The van der Waals surface area contributed by atoms with Crippen LogP contribution in [0.1, 0.15) is 6.42 Å². The topological polar surface area (TPSA) is 99.1 Å². The Morgan fingerprint density at radius 1 is 1.56 bits per heavy atom.